The number of carbonyl (C=O) groups excluding carboxylic acids is 1. The first kappa shape index (κ1) is 16.9. The first-order valence-electron chi connectivity index (χ1n) is 7.49. The lowest BCUT2D eigenvalue weighted by atomic mass is 9.84. The molecule has 2 rings (SSSR count). The molecule has 2 atom stereocenters. The van der Waals surface area contributed by atoms with Crippen LogP contribution in [0, 0.1) is 0 Å². The number of piperidine rings is 1. The van der Waals surface area contributed by atoms with Gasteiger partial charge >= 0.3 is 12.1 Å². The SMILES string of the molecule is CCOC(=O)C(C)n1cccc1C1(C(F)(F)F)CCCCN1. The number of carbonyl (C=O) groups is 1. The van der Waals surface area contributed by atoms with Gasteiger partial charge in [0, 0.05) is 11.9 Å². The van der Waals surface area contributed by atoms with Crippen molar-refractivity contribution >= 4 is 5.97 Å². The first-order chi connectivity index (χ1) is 10.3. The summed E-state index contributed by atoms with van der Waals surface area (Å²) in [4.78, 5) is 11.9. The maximum atomic E-state index is 13.8. The molecule has 0 spiro atoms. The zero-order valence-corrected chi connectivity index (χ0v) is 12.7. The number of aromatic nitrogens is 1. The van der Waals surface area contributed by atoms with Gasteiger partial charge in [-0.1, -0.05) is 0 Å². The van der Waals surface area contributed by atoms with Gasteiger partial charge in [0.1, 0.15) is 6.04 Å². The van der Waals surface area contributed by atoms with Crippen LogP contribution in [-0.2, 0) is 15.1 Å². The van der Waals surface area contributed by atoms with E-state index in [-0.39, 0.29) is 18.7 Å². The van der Waals surface area contributed by atoms with Crippen LogP contribution in [0.1, 0.15) is 44.8 Å². The normalized spacial score (nSPS) is 24.0. The molecule has 1 N–H and O–H groups in total. The summed E-state index contributed by atoms with van der Waals surface area (Å²) in [7, 11) is 0. The molecule has 0 radical (unpaired) electrons. The van der Waals surface area contributed by atoms with Gasteiger partial charge in [0.15, 0.2) is 5.54 Å². The van der Waals surface area contributed by atoms with Crippen LogP contribution in [0.25, 0.3) is 0 Å². The summed E-state index contributed by atoms with van der Waals surface area (Å²) in [6.45, 7) is 3.72. The molecule has 1 fully saturated rings. The van der Waals surface area contributed by atoms with E-state index in [0.717, 1.165) is 0 Å². The number of hydrogen-bond donors (Lipinski definition) is 1. The van der Waals surface area contributed by atoms with Crippen molar-refractivity contribution in [1.29, 1.82) is 0 Å². The summed E-state index contributed by atoms with van der Waals surface area (Å²) >= 11 is 0. The van der Waals surface area contributed by atoms with Gasteiger partial charge in [0.2, 0.25) is 0 Å². The molecular weight excluding hydrogens is 297 g/mol. The summed E-state index contributed by atoms with van der Waals surface area (Å²) in [5.41, 5.74) is -2.03. The molecule has 7 heteroatoms. The molecule has 2 heterocycles. The lowest BCUT2D eigenvalue weighted by Gasteiger charge is -2.41. The Morgan fingerprint density at radius 3 is 2.77 bits per heavy atom. The van der Waals surface area contributed by atoms with Crippen LogP contribution >= 0.6 is 0 Å². The fraction of sp³-hybridized carbons (Fsp3) is 0.667. The third kappa shape index (κ3) is 2.86. The Hall–Kier alpha value is -1.50. The average molecular weight is 318 g/mol. The zero-order valence-electron chi connectivity index (χ0n) is 12.7. The van der Waals surface area contributed by atoms with Crippen LogP contribution < -0.4 is 5.32 Å². The third-order valence-electron chi connectivity index (χ3n) is 4.15. The summed E-state index contributed by atoms with van der Waals surface area (Å²) in [5.74, 6) is -0.534. The van der Waals surface area contributed by atoms with Crippen LogP contribution in [0.2, 0.25) is 0 Å². The highest BCUT2D eigenvalue weighted by molar-refractivity contribution is 5.74. The van der Waals surface area contributed by atoms with E-state index in [4.69, 9.17) is 4.74 Å². The number of hydrogen-bond acceptors (Lipinski definition) is 3. The Kier molecular flexibility index (Phi) is 4.84. The smallest absolute Gasteiger partial charge is 0.412 e. The lowest BCUT2D eigenvalue weighted by molar-refractivity contribution is -0.209. The summed E-state index contributed by atoms with van der Waals surface area (Å²) in [6, 6.07) is 2.17. The first-order valence-corrected chi connectivity index (χ1v) is 7.49. The largest absolute Gasteiger partial charge is 0.464 e. The van der Waals surface area contributed by atoms with E-state index in [0.29, 0.717) is 19.4 Å². The van der Waals surface area contributed by atoms with Crippen molar-refractivity contribution in [3.05, 3.63) is 24.0 Å². The van der Waals surface area contributed by atoms with Crippen LogP contribution in [-0.4, -0.2) is 29.9 Å². The van der Waals surface area contributed by atoms with Gasteiger partial charge < -0.3 is 9.30 Å². The standard InChI is InChI=1S/C15H21F3N2O2/c1-3-22-13(21)11(2)20-10-6-7-12(20)14(15(16,17)18)8-4-5-9-19-14/h6-7,10-11,19H,3-5,8-9H2,1-2H3. The number of nitrogens with one attached hydrogen (secondary N) is 1. The molecular formula is C15H21F3N2O2. The molecule has 0 saturated carbocycles. The topological polar surface area (TPSA) is 43.3 Å². The molecule has 2 unspecified atom stereocenters. The van der Waals surface area contributed by atoms with E-state index in [1.165, 1.54) is 22.9 Å². The van der Waals surface area contributed by atoms with Gasteiger partial charge in [-0.2, -0.15) is 13.2 Å². The zero-order chi connectivity index (χ0) is 16.4. The minimum atomic E-state index is -4.43. The number of ether oxygens (including phenoxy) is 1. The number of rotatable bonds is 4. The second-order valence-electron chi connectivity index (χ2n) is 5.52. The molecule has 0 amide bonds. The maximum Gasteiger partial charge on any atom is 0.412 e. The fourth-order valence-corrected chi connectivity index (χ4v) is 2.98. The van der Waals surface area contributed by atoms with Crippen molar-refractivity contribution < 1.29 is 22.7 Å². The molecule has 0 aromatic carbocycles. The Balaban J connectivity index is 2.42. The molecule has 1 aromatic rings. The Morgan fingerprint density at radius 1 is 1.50 bits per heavy atom. The molecule has 1 aromatic heterocycles. The van der Waals surface area contributed by atoms with Gasteiger partial charge in [0.05, 0.1) is 6.61 Å². The average Bonchev–Trinajstić information content (AvgIpc) is 2.96. The fourth-order valence-electron chi connectivity index (χ4n) is 2.98. The Bertz CT molecular complexity index is 519. The molecule has 124 valence electrons. The van der Waals surface area contributed by atoms with E-state index in [1.807, 2.05) is 0 Å². The molecule has 4 nitrogen and oxygen atoms in total. The molecule has 0 aliphatic carbocycles. The minimum absolute atomic E-state index is 0.0317. The Labute approximate surface area is 127 Å². The predicted octanol–water partition coefficient (Wildman–Crippen LogP) is 3.14. The number of halogens is 3. The van der Waals surface area contributed by atoms with Gasteiger partial charge in [-0.25, -0.2) is 4.79 Å². The molecule has 1 aliphatic heterocycles. The molecule has 1 aliphatic rings. The van der Waals surface area contributed by atoms with E-state index < -0.39 is 23.7 Å². The maximum absolute atomic E-state index is 13.8. The van der Waals surface area contributed by atoms with E-state index in [1.54, 1.807) is 13.8 Å². The lowest BCUT2D eigenvalue weighted by Crippen LogP contribution is -2.57. The van der Waals surface area contributed by atoms with Crippen LogP contribution in [0.5, 0.6) is 0 Å². The summed E-state index contributed by atoms with van der Waals surface area (Å²) in [6.07, 6.45) is -1.76. The van der Waals surface area contributed by atoms with E-state index >= 15 is 0 Å². The van der Waals surface area contributed by atoms with Crippen LogP contribution in [0.15, 0.2) is 18.3 Å². The van der Waals surface area contributed by atoms with Gasteiger partial charge in [0.25, 0.3) is 0 Å². The van der Waals surface area contributed by atoms with Crippen LogP contribution in [0.3, 0.4) is 0 Å². The van der Waals surface area contributed by atoms with Crippen molar-refractivity contribution in [2.75, 3.05) is 13.2 Å². The molecule has 22 heavy (non-hydrogen) atoms. The van der Waals surface area contributed by atoms with Crippen molar-refractivity contribution in [3.8, 4) is 0 Å². The van der Waals surface area contributed by atoms with Crippen molar-refractivity contribution in [1.82, 2.24) is 9.88 Å². The monoisotopic (exact) mass is 318 g/mol. The third-order valence-corrected chi connectivity index (χ3v) is 4.15. The van der Waals surface area contributed by atoms with Crippen molar-refractivity contribution in [3.63, 3.8) is 0 Å². The Morgan fingerprint density at radius 2 is 2.23 bits per heavy atom. The second-order valence-corrected chi connectivity index (χ2v) is 5.52. The van der Waals surface area contributed by atoms with E-state index in [9.17, 15) is 18.0 Å². The van der Waals surface area contributed by atoms with Crippen molar-refractivity contribution in [2.45, 2.75) is 50.9 Å². The number of alkyl halides is 3. The second kappa shape index (κ2) is 6.32. The van der Waals surface area contributed by atoms with Crippen molar-refractivity contribution in [2.24, 2.45) is 0 Å². The van der Waals surface area contributed by atoms with Gasteiger partial charge in [-0.05, 0) is 51.8 Å². The highest BCUT2D eigenvalue weighted by Crippen LogP contribution is 2.45. The summed E-state index contributed by atoms with van der Waals surface area (Å²) < 4.78 is 47.6. The number of nitrogens with zero attached hydrogens (tertiary/aromatic N) is 1. The van der Waals surface area contributed by atoms with E-state index in [2.05, 4.69) is 5.32 Å². The van der Waals surface area contributed by atoms with Crippen LogP contribution in [0.4, 0.5) is 13.2 Å². The quantitative estimate of drug-likeness (QED) is 0.867. The molecule has 0 bridgehead atoms. The van der Waals surface area contributed by atoms with Gasteiger partial charge in [-0.3, -0.25) is 5.32 Å². The minimum Gasteiger partial charge on any atom is -0.464 e. The predicted molar refractivity (Wildman–Crippen MR) is 75.4 cm³/mol. The van der Waals surface area contributed by atoms with Gasteiger partial charge in [-0.15, -0.1) is 0 Å². The highest BCUT2D eigenvalue weighted by Gasteiger charge is 2.57. The highest BCUT2D eigenvalue weighted by atomic mass is 19.4. The summed E-state index contributed by atoms with van der Waals surface area (Å²) in [5, 5.41) is 2.64. The number of esters is 1. The molecule has 1 saturated heterocycles.